The fraction of sp³-hybridized carbons (Fsp3) is 0.273. The first kappa shape index (κ1) is 15.4. The van der Waals surface area contributed by atoms with E-state index in [-0.39, 0.29) is 11.4 Å². The molecule has 0 aliphatic carbocycles. The summed E-state index contributed by atoms with van der Waals surface area (Å²) >= 11 is 3.12. The third-order valence-corrected chi connectivity index (χ3v) is 3.44. The van der Waals surface area contributed by atoms with Crippen molar-refractivity contribution in [1.29, 1.82) is 0 Å². The molecule has 0 aliphatic rings. The van der Waals surface area contributed by atoms with E-state index in [0.29, 0.717) is 4.47 Å². The molecule has 10 heteroatoms. The second-order valence-electron chi connectivity index (χ2n) is 4.15. The molecule has 0 spiro atoms. The zero-order valence-corrected chi connectivity index (χ0v) is 12.1. The number of hydrogen-bond acceptors (Lipinski definition) is 4. The van der Waals surface area contributed by atoms with Crippen LogP contribution < -0.4 is 0 Å². The molecule has 0 amide bonds. The Morgan fingerprint density at radius 1 is 1.43 bits per heavy atom. The Bertz CT molecular complexity index is 686. The topological polar surface area (TPSA) is 80.9 Å². The van der Waals surface area contributed by atoms with E-state index < -0.39 is 23.8 Å². The average Bonchev–Trinajstić information content (AvgIpc) is 2.85. The van der Waals surface area contributed by atoms with E-state index in [1.807, 2.05) is 0 Å². The maximum absolute atomic E-state index is 12.8. The van der Waals surface area contributed by atoms with E-state index in [0.717, 1.165) is 16.8 Å². The molecule has 0 saturated carbocycles. The molecule has 1 aromatic carbocycles. The summed E-state index contributed by atoms with van der Waals surface area (Å²) in [6.07, 6.45) is -4.52. The standard InChI is InChI=1S/C11H8BrF3N4O2/c1-5(10(20)21)19-9(16-17-18-19)7-4-6(11(13,14)15)2-3-8(7)12/h2-5H,1H3,(H,20,21). The molecule has 1 N–H and O–H groups in total. The van der Waals surface area contributed by atoms with Crippen LogP contribution in [0.1, 0.15) is 18.5 Å². The van der Waals surface area contributed by atoms with Crippen molar-refractivity contribution in [1.82, 2.24) is 20.2 Å². The Hall–Kier alpha value is -1.97. The number of halogens is 4. The Labute approximate surface area is 124 Å². The second kappa shape index (κ2) is 5.43. The Balaban J connectivity index is 2.58. The lowest BCUT2D eigenvalue weighted by Crippen LogP contribution is -2.18. The van der Waals surface area contributed by atoms with Gasteiger partial charge < -0.3 is 5.11 Å². The molecule has 2 rings (SSSR count). The summed E-state index contributed by atoms with van der Waals surface area (Å²) in [4.78, 5) is 11.0. The highest BCUT2D eigenvalue weighted by atomic mass is 79.9. The lowest BCUT2D eigenvalue weighted by molar-refractivity contribution is -0.140. The Kier molecular flexibility index (Phi) is 3.99. The normalized spacial score (nSPS) is 13.2. The van der Waals surface area contributed by atoms with Gasteiger partial charge in [-0.05, 0) is 35.5 Å². The molecule has 112 valence electrons. The summed E-state index contributed by atoms with van der Waals surface area (Å²) in [7, 11) is 0. The van der Waals surface area contributed by atoms with E-state index in [2.05, 4.69) is 31.5 Å². The maximum Gasteiger partial charge on any atom is 0.416 e. The van der Waals surface area contributed by atoms with Crippen molar-refractivity contribution < 1.29 is 23.1 Å². The molecule has 0 aliphatic heterocycles. The number of hydrogen-bond donors (Lipinski definition) is 1. The first-order valence-electron chi connectivity index (χ1n) is 5.59. The van der Waals surface area contributed by atoms with E-state index in [1.165, 1.54) is 13.0 Å². The number of rotatable bonds is 3. The van der Waals surface area contributed by atoms with Gasteiger partial charge in [0.1, 0.15) is 0 Å². The molecule has 2 aromatic rings. The molecule has 1 unspecified atom stereocenters. The molecular formula is C11H8BrF3N4O2. The zero-order chi connectivity index (χ0) is 15.8. The highest BCUT2D eigenvalue weighted by Crippen LogP contribution is 2.35. The molecule has 1 aromatic heterocycles. The highest BCUT2D eigenvalue weighted by molar-refractivity contribution is 9.10. The minimum atomic E-state index is -4.52. The van der Waals surface area contributed by atoms with Crippen LogP contribution in [0.5, 0.6) is 0 Å². The number of carbonyl (C=O) groups is 1. The number of tetrazole rings is 1. The van der Waals surface area contributed by atoms with Crippen LogP contribution in [0, 0.1) is 0 Å². The van der Waals surface area contributed by atoms with Crippen LogP contribution in [-0.2, 0) is 11.0 Å². The van der Waals surface area contributed by atoms with Crippen LogP contribution in [0.4, 0.5) is 13.2 Å². The lowest BCUT2D eigenvalue weighted by Gasteiger charge is -2.12. The van der Waals surface area contributed by atoms with Gasteiger partial charge in [-0.3, -0.25) is 0 Å². The zero-order valence-electron chi connectivity index (χ0n) is 10.5. The summed E-state index contributed by atoms with van der Waals surface area (Å²) in [5, 5.41) is 19.4. The van der Waals surface area contributed by atoms with Crippen LogP contribution in [-0.4, -0.2) is 31.3 Å². The molecule has 6 nitrogen and oxygen atoms in total. The fourth-order valence-corrected chi connectivity index (χ4v) is 2.03. The van der Waals surface area contributed by atoms with Gasteiger partial charge in [0, 0.05) is 10.0 Å². The van der Waals surface area contributed by atoms with Crippen molar-refractivity contribution in [3.8, 4) is 11.4 Å². The largest absolute Gasteiger partial charge is 0.480 e. The van der Waals surface area contributed by atoms with Gasteiger partial charge in [0.2, 0.25) is 0 Å². The number of aromatic nitrogens is 4. The van der Waals surface area contributed by atoms with Gasteiger partial charge in [-0.25, -0.2) is 9.48 Å². The summed E-state index contributed by atoms with van der Waals surface area (Å²) in [6.45, 7) is 1.32. The highest BCUT2D eigenvalue weighted by Gasteiger charge is 2.32. The van der Waals surface area contributed by atoms with Gasteiger partial charge in [-0.15, -0.1) is 5.10 Å². The summed E-state index contributed by atoms with van der Waals surface area (Å²) in [5.41, 5.74) is -0.818. The van der Waals surface area contributed by atoms with Crippen LogP contribution >= 0.6 is 15.9 Å². The Morgan fingerprint density at radius 3 is 2.67 bits per heavy atom. The molecule has 1 heterocycles. The third-order valence-electron chi connectivity index (χ3n) is 2.75. The first-order chi connectivity index (χ1) is 9.71. The minimum absolute atomic E-state index is 0.0583. The maximum atomic E-state index is 12.8. The second-order valence-corrected chi connectivity index (χ2v) is 5.01. The fourth-order valence-electron chi connectivity index (χ4n) is 1.61. The van der Waals surface area contributed by atoms with Crippen molar-refractivity contribution in [2.24, 2.45) is 0 Å². The first-order valence-corrected chi connectivity index (χ1v) is 6.39. The lowest BCUT2D eigenvalue weighted by atomic mass is 10.1. The van der Waals surface area contributed by atoms with Crippen LogP contribution in [0.3, 0.4) is 0 Å². The number of aliphatic carboxylic acids is 1. The quantitative estimate of drug-likeness (QED) is 0.905. The van der Waals surface area contributed by atoms with Gasteiger partial charge in [0.05, 0.1) is 5.56 Å². The number of carboxylic acids is 1. The average molecular weight is 365 g/mol. The van der Waals surface area contributed by atoms with E-state index in [1.54, 1.807) is 0 Å². The predicted octanol–water partition coefficient (Wildman–Crippen LogP) is 2.77. The molecule has 0 fully saturated rings. The number of carboxylic acid groups (broad SMARTS) is 1. The number of nitrogens with zero attached hydrogens (tertiary/aromatic N) is 4. The summed E-state index contributed by atoms with van der Waals surface area (Å²) < 4.78 is 39.6. The monoisotopic (exact) mass is 364 g/mol. The SMILES string of the molecule is CC(C(=O)O)n1nnnc1-c1cc(C(F)(F)F)ccc1Br. The number of alkyl halides is 3. The molecule has 21 heavy (non-hydrogen) atoms. The van der Waals surface area contributed by atoms with Crippen LogP contribution in [0.25, 0.3) is 11.4 Å². The van der Waals surface area contributed by atoms with Crippen LogP contribution in [0.2, 0.25) is 0 Å². The van der Waals surface area contributed by atoms with Gasteiger partial charge in [-0.1, -0.05) is 15.9 Å². The molecule has 0 radical (unpaired) electrons. The molecule has 0 bridgehead atoms. The van der Waals surface area contributed by atoms with E-state index in [9.17, 15) is 18.0 Å². The molecule has 0 saturated heterocycles. The summed E-state index contributed by atoms with van der Waals surface area (Å²) in [6, 6.07) is 1.86. The van der Waals surface area contributed by atoms with E-state index in [4.69, 9.17) is 5.11 Å². The van der Waals surface area contributed by atoms with Crippen molar-refractivity contribution in [3.05, 3.63) is 28.2 Å². The third kappa shape index (κ3) is 3.04. The minimum Gasteiger partial charge on any atom is -0.480 e. The Morgan fingerprint density at radius 2 is 2.10 bits per heavy atom. The van der Waals surface area contributed by atoms with Gasteiger partial charge in [-0.2, -0.15) is 13.2 Å². The molecular weight excluding hydrogens is 357 g/mol. The smallest absolute Gasteiger partial charge is 0.416 e. The van der Waals surface area contributed by atoms with Crippen molar-refractivity contribution in [3.63, 3.8) is 0 Å². The predicted molar refractivity (Wildman–Crippen MR) is 68.3 cm³/mol. The molecule has 1 atom stereocenters. The summed E-state index contributed by atoms with van der Waals surface area (Å²) in [5.74, 6) is -1.27. The van der Waals surface area contributed by atoms with Crippen LogP contribution in [0.15, 0.2) is 22.7 Å². The van der Waals surface area contributed by atoms with Gasteiger partial charge >= 0.3 is 12.1 Å². The van der Waals surface area contributed by atoms with Crippen molar-refractivity contribution in [2.45, 2.75) is 19.1 Å². The van der Waals surface area contributed by atoms with E-state index >= 15 is 0 Å². The van der Waals surface area contributed by atoms with Crippen molar-refractivity contribution >= 4 is 21.9 Å². The van der Waals surface area contributed by atoms with Gasteiger partial charge in [0.25, 0.3) is 0 Å². The number of benzene rings is 1. The van der Waals surface area contributed by atoms with Gasteiger partial charge in [0.15, 0.2) is 11.9 Å². The van der Waals surface area contributed by atoms with Crippen molar-refractivity contribution in [2.75, 3.05) is 0 Å².